The molecule has 0 bridgehead atoms. The molecule has 0 atom stereocenters. The fourth-order valence-electron chi connectivity index (χ4n) is 2.05. The molecule has 3 heteroatoms. The summed E-state index contributed by atoms with van der Waals surface area (Å²) in [5.41, 5.74) is 8.07. The second-order valence-electron chi connectivity index (χ2n) is 4.13. The van der Waals surface area contributed by atoms with Gasteiger partial charge in [0, 0.05) is 5.56 Å². The molecule has 0 unspecified atom stereocenters. The molecule has 0 aromatic heterocycles. The van der Waals surface area contributed by atoms with Crippen LogP contribution in [0.1, 0.15) is 11.1 Å². The minimum Gasteiger partial charge on any atom is -0.267 e. The molecule has 0 fully saturated rings. The van der Waals surface area contributed by atoms with Gasteiger partial charge in [-0.05, 0) is 36.6 Å². The highest BCUT2D eigenvalue weighted by molar-refractivity contribution is 5.82. The first-order valence-corrected chi connectivity index (χ1v) is 5.72. The highest BCUT2D eigenvalue weighted by atomic mass is 16.1. The van der Waals surface area contributed by atoms with E-state index < -0.39 is 0 Å². The van der Waals surface area contributed by atoms with E-state index in [2.05, 4.69) is 29.6 Å². The number of anilines is 1. The van der Waals surface area contributed by atoms with Crippen molar-refractivity contribution in [3.63, 3.8) is 0 Å². The first kappa shape index (κ1) is 12.1. The summed E-state index contributed by atoms with van der Waals surface area (Å²) in [6.07, 6.45) is 1.49. The Morgan fingerprint density at radius 2 is 1.72 bits per heavy atom. The SMILES string of the molecule is Cc1ccccc1-c1c(C)cccc1NN=C=O. The molecule has 90 valence electrons. The largest absolute Gasteiger partial charge is 0.267 e. The van der Waals surface area contributed by atoms with E-state index in [-0.39, 0.29) is 0 Å². The van der Waals surface area contributed by atoms with Crippen LogP contribution in [0, 0.1) is 13.8 Å². The van der Waals surface area contributed by atoms with E-state index in [9.17, 15) is 4.79 Å². The van der Waals surface area contributed by atoms with Crippen LogP contribution in [0.4, 0.5) is 5.69 Å². The lowest BCUT2D eigenvalue weighted by molar-refractivity contribution is 0.564. The van der Waals surface area contributed by atoms with Gasteiger partial charge in [0.05, 0.1) is 5.69 Å². The standard InChI is InChI=1S/C15H14N2O/c1-11-6-3-4-8-13(11)15-12(2)7-5-9-14(15)17-16-10-18/h3-9,17H,1-2H3. The van der Waals surface area contributed by atoms with Crippen LogP contribution in [0.3, 0.4) is 0 Å². The van der Waals surface area contributed by atoms with Crippen LogP contribution in [0.2, 0.25) is 0 Å². The Balaban J connectivity index is 2.62. The van der Waals surface area contributed by atoms with Gasteiger partial charge in [-0.15, -0.1) is 0 Å². The topological polar surface area (TPSA) is 41.5 Å². The summed E-state index contributed by atoms with van der Waals surface area (Å²) in [5, 5.41) is 3.44. The number of nitrogens with zero attached hydrogens (tertiary/aromatic N) is 1. The molecule has 0 saturated heterocycles. The number of isocyanates is 1. The van der Waals surface area contributed by atoms with E-state index >= 15 is 0 Å². The zero-order valence-electron chi connectivity index (χ0n) is 10.4. The van der Waals surface area contributed by atoms with Gasteiger partial charge in [-0.25, -0.2) is 4.79 Å². The zero-order chi connectivity index (χ0) is 13.0. The van der Waals surface area contributed by atoms with Crippen LogP contribution >= 0.6 is 0 Å². The van der Waals surface area contributed by atoms with Gasteiger partial charge in [-0.3, -0.25) is 5.43 Å². The fourth-order valence-corrected chi connectivity index (χ4v) is 2.05. The predicted molar refractivity (Wildman–Crippen MR) is 73.1 cm³/mol. The van der Waals surface area contributed by atoms with Crippen molar-refractivity contribution in [1.29, 1.82) is 0 Å². The molecule has 2 aromatic rings. The van der Waals surface area contributed by atoms with Gasteiger partial charge in [-0.1, -0.05) is 41.5 Å². The molecule has 0 heterocycles. The number of hydrogen-bond acceptors (Lipinski definition) is 3. The van der Waals surface area contributed by atoms with Crippen LogP contribution in [-0.2, 0) is 4.79 Å². The lowest BCUT2D eigenvalue weighted by Gasteiger charge is -2.13. The molecule has 0 amide bonds. The molecule has 18 heavy (non-hydrogen) atoms. The van der Waals surface area contributed by atoms with Crippen LogP contribution in [0.5, 0.6) is 0 Å². The highest BCUT2D eigenvalue weighted by Crippen LogP contribution is 2.33. The maximum absolute atomic E-state index is 10.2. The molecule has 0 aliphatic heterocycles. The average molecular weight is 238 g/mol. The van der Waals surface area contributed by atoms with Gasteiger partial charge < -0.3 is 0 Å². The van der Waals surface area contributed by atoms with Crippen molar-refractivity contribution in [1.82, 2.24) is 0 Å². The lowest BCUT2D eigenvalue weighted by Crippen LogP contribution is -1.95. The van der Waals surface area contributed by atoms with Gasteiger partial charge in [0.1, 0.15) is 0 Å². The highest BCUT2D eigenvalue weighted by Gasteiger charge is 2.09. The van der Waals surface area contributed by atoms with E-state index in [0.29, 0.717) is 0 Å². The van der Waals surface area contributed by atoms with Crippen molar-refractivity contribution in [3.05, 3.63) is 53.6 Å². The number of carbonyl (C=O) groups excluding carboxylic acids is 1. The Bertz CT molecular complexity index is 614. The van der Waals surface area contributed by atoms with E-state index in [1.54, 1.807) is 0 Å². The molecule has 0 saturated carbocycles. The third-order valence-corrected chi connectivity index (χ3v) is 2.91. The number of hydrogen-bond donors (Lipinski definition) is 1. The van der Waals surface area contributed by atoms with Gasteiger partial charge >= 0.3 is 0 Å². The van der Waals surface area contributed by atoms with Crippen LogP contribution in [0.15, 0.2) is 47.6 Å². The summed E-state index contributed by atoms with van der Waals surface area (Å²) in [7, 11) is 0. The van der Waals surface area contributed by atoms with E-state index in [1.165, 1.54) is 11.6 Å². The second-order valence-corrected chi connectivity index (χ2v) is 4.13. The molecule has 0 spiro atoms. The van der Waals surface area contributed by atoms with Crippen molar-refractivity contribution in [2.24, 2.45) is 5.10 Å². The first-order chi connectivity index (χ1) is 8.74. The van der Waals surface area contributed by atoms with Crippen molar-refractivity contribution >= 4 is 11.8 Å². The normalized spacial score (nSPS) is 9.67. The molecule has 2 aromatic carbocycles. The quantitative estimate of drug-likeness (QED) is 0.504. The first-order valence-electron chi connectivity index (χ1n) is 5.72. The molecule has 0 aliphatic rings. The summed E-state index contributed by atoms with van der Waals surface area (Å²) in [4.78, 5) is 10.2. The van der Waals surface area contributed by atoms with Gasteiger partial charge in [0.2, 0.25) is 0 Å². The minimum atomic E-state index is 0.813. The van der Waals surface area contributed by atoms with Crippen LogP contribution in [0.25, 0.3) is 11.1 Å². The minimum absolute atomic E-state index is 0.813. The molecule has 2 rings (SSSR count). The number of aryl methyl sites for hydroxylation is 2. The van der Waals surface area contributed by atoms with Crippen LogP contribution < -0.4 is 5.43 Å². The Hall–Kier alpha value is -2.38. The number of benzene rings is 2. The Morgan fingerprint density at radius 1 is 1.00 bits per heavy atom. The summed E-state index contributed by atoms with van der Waals surface area (Å²) in [6.45, 7) is 4.10. The summed E-state index contributed by atoms with van der Waals surface area (Å²) < 4.78 is 0. The molecule has 3 nitrogen and oxygen atoms in total. The van der Waals surface area contributed by atoms with E-state index in [1.807, 2.05) is 37.3 Å². The Morgan fingerprint density at radius 3 is 2.44 bits per heavy atom. The Labute approximate surface area is 106 Å². The maximum Gasteiger partial charge on any atom is 0.258 e. The van der Waals surface area contributed by atoms with E-state index in [4.69, 9.17) is 0 Å². The van der Waals surface area contributed by atoms with Gasteiger partial charge in [0.25, 0.3) is 6.08 Å². The number of nitrogens with one attached hydrogen (secondary N) is 1. The summed E-state index contributed by atoms with van der Waals surface area (Å²) >= 11 is 0. The third-order valence-electron chi connectivity index (χ3n) is 2.91. The monoisotopic (exact) mass is 238 g/mol. The van der Waals surface area contributed by atoms with Crippen molar-refractivity contribution in [2.75, 3.05) is 5.43 Å². The summed E-state index contributed by atoms with van der Waals surface area (Å²) in [5.74, 6) is 0. The van der Waals surface area contributed by atoms with Gasteiger partial charge in [-0.2, -0.15) is 0 Å². The van der Waals surface area contributed by atoms with Crippen molar-refractivity contribution < 1.29 is 4.79 Å². The molecule has 0 radical (unpaired) electrons. The Kier molecular flexibility index (Phi) is 3.56. The van der Waals surface area contributed by atoms with Crippen molar-refractivity contribution in [2.45, 2.75) is 13.8 Å². The fraction of sp³-hybridized carbons (Fsp3) is 0.133. The molecule has 1 N–H and O–H groups in total. The second kappa shape index (κ2) is 5.30. The average Bonchev–Trinajstić information content (AvgIpc) is 2.38. The smallest absolute Gasteiger partial charge is 0.258 e. The third kappa shape index (κ3) is 2.31. The summed E-state index contributed by atoms with van der Waals surface area (Å²) in [6, 6.07) is 14.0. The number of hydrazone groups is 1. The van der Waals surface area contributed by atoms with Gasteiger partial charge in [0.15, 0.2) is 0 Å². The molecular formula is C15H14N2O. The number of rotatable bonds is 3. The predicted octanol–water partition coefficient (Wildman–Crippen LogP) is 3.63. The van der Waals surface area contributed by atoms with Crippen molar-refractivity contribution in [3.8, 4) is 11.1 Å². The van der Waals surface area contributed by atoms with E-state index in [0.717, 1.165) is 22.4 Å². The lowest BCUT2D eigenvalue weighted by atomic mass is 9.95. The zero-order valence-corrected chi connectivity index (χ0v) is 10.4. The molecular weight excluding hydrogens is 224 g/mol. The van der Waals surface area contributed by atoms with Crippen LogP contribution in [-0.4, -0.2) is 6.08 Å². The maximum atomic E-state index is 10.2. The molecule has 0 aliphatic carbocycles.